The van der Waals surface area contributed by atoms with E-state index in [1.54, 1.807) is 0 Å². The summed E-state index contributed by atoms with van der Waals surface area (Å²) in [5.74, 6) is -1.52. The van der Waals surface area contributed by atoms with Crippen LogP contribution in [0.15, 0.2) is 11.6 Å². The number of esters is 1. The van der Waals surface area contributed by atoms with Gasteiger partial charge in [-0.15, -0.1) is 0 Å². The van der Waals surface area contributed by atoms with Crippen LogP contribution in [0, 0.1) is 0 Å². The average molecular weight is 330 g/mol. The lowest BCUT2D eigenvalue weighted by molar-refractivity contribution is -0.138. The van der Waals surface area contributed by atoms with Gasteiger partial charge in [0.1, 0.15) is 0 Å². The molecule has 0 amide bonds. The fourth-order valence-electron chi connectivity index (χ4n) is 1.19. The number of rotatable bonds is 9. The Balaban J connectivity index is 3.97. The van der Waals surface area contributed by atoms with E-state index in [0.29, 0.717) is 0 Å². The molecule has 0 radical (unpaired) electrons. The highest BCUT2D eigenvalue weighted by Crippen LogP contribution is 2.03. The molecule has 0 saturated carbocycles. The molecular formula is C10H18O8S2. The number of allylic oxidation sites excluding steroid dienone is 1. The normalized spacial score (nSPS) is 13.2. The Kier molecular flexibility index (Phi) is 7.94. The summed E-state index contributed by atoms with van der Waals surface area (Å²) >= 11 is 0. The summed E-state index contributed by atoms with van der Waals surface area (Å²) in [6, 6.07) is 0. The average Bonchev–Trinajstić information content (AvgIpc) is 2.27. The van der Waals surface area contributed by atoms with Gasteiger partial charge in [0.2, 0.25) is 0 Å². The highest BCUT2D eigenvalue weighted by Gasteiger charge is 2.08. The van der Waals surface area contributed by atoms with Crippen LogP contribution in [-0.4, -0.2) is 50.0 Å². The van der Waals surface area contributed by atoms with Crippen molar-refractivity contribution in [2.24, 2.45) is 0 Å². The molecule has 118 valence electrons. The van der Waals surface area contributed by atoms with Crippen LogP contribution < -0.4 is 0 Å². The molecule has 0 rings (SSSR count). The van der Waals surface area contributed by atoms with E-state index in [1.807, 2.05) is 0 Å². The van der Waals surface area contributed by atoms with Gasteiger partial charge in [0, 0.05) is 5.57 Å². The minimum Gasteiger partial charge on any atom is -0.462 e. The molecule has 0 aliphatic heterocycles. The molecule has 0 aromatic rings. The van der Waals surface area contributed by atoms with Gasteiger partial charge in [-0.05, 0) is 26.2 Å². The number of ether oxygens (including phenoxy) is 1. The van der Waals surface area contributed by atoms with E-state index in [9.17, 15) is 21.6 Å². The Morgan fingerprint density at radius 3 is 2.05 bits per heavy atom. The van der Waals surface area contributed by atoms with E-state index in [4.69, 9.17) is 13.8 Å². The van der Waals surface area contributed by atoms with Gasteiger partial charge in [0.25, 0.3) is 20.2 Å². The molecule has 0 aromatic carbocycles. The summed E-state index contributed by atoms with van der Waals surface area (Å²) in [4.78, 5) is 11.4. The van der Waals surface area contributed by atoms with Gasteiger partial charge in [0.05, 0.1) is 18.1 Å². The van der Waals surface area contributed by atoms with Gasteiger partial charge in [-0.2, -0.15) is 16.8 Å². The van der Waals surface area contributed by atoms with E-state index in [2.05, 4.69) is 0 Å². The second-order valence-corrected chi connectivity index (χ2v) is 7.24. The molecule has 0 heterocycles. The molecule has 0 unspecified atom stereocenters. The quantitative estimate of drug-likeness (QED) is 0.269. The second kappa shape index (κ2) is 8.35. The predicted octanol–water partition coefficient (Wildman–Crippen LogP) is 0.422. The number of carbonyl (C=O) groups is 1. The Hall–Kier alpha value is -0.970. The minimum absolute atomic E-state index is 0.0133. The Morgan fingerprint density at radius 2 is 1.55 bits per heavy atom. The second-order valence-electron chi connectivity index (χ2n) is 4.09. The van der Waals surface area contributed by atoms with Crippen molar-refractivity contribution in [3.63, 3.8) is 0 Å². The van der Waals surface area contributed by atoms with Crippen LogP contribution in [0.1, 0.15) is 26.2 Å². The summed E-state index contributed by atoms with van der Waals surface area (Å²) in [6.45, 7) is 1.33. The maximum atomic E-state index is 11.4. The fourth-order valence-corrected chi connectivity index (χ4v) is 2.20. The van der Waals surface area contributed by atoms with Gasteiger partial charge in [-0.25, -0.2) is 4.79 Å². The first-order valence-corrected chi connectivity index (χ1v) is 8.97. The molecular weight excluding hydrogens is 312 g/mol. The molecule has 0 bridgehead atoms. The molecule has 20 heavy (non-hydrogen) atoms. The molecule has 0 aromatic heterocycles. The predicted molar refractivity (Wildman–Crippen MR) is 71.4 cm³/mol. The minimum atomic E-state index is -4.06. The summed E-state index contributed by atoms with van der Waals surface area (Å²) in [6.07, 6.45) is 1.91. The maximum Gasteiger partial charge on any atom is 0.333 e. The first kappa shape index (κ1) is 19.0. The lowest BCUT2D eigenvalue weighted by Gasteiger charge is -2.04. The highest BCUT2D eigenvalue weighted by atomic mass is 32.2. The topological polar surface area (TPSA) is 135 Å². The van der Waals surface area contributed by atoms with E-state index in [-0.39, 0.29) is 37.2 Å². The summed E-state index contributed by atoms with van der Waals surface area (Å²) < 4.78 is 63.4. The lowest BCUT2D eigenvalue weighted by Crippen LogP contribution is -2.11. The zero-order valence-electron chi connectivity index (χ0n) is 11.0. The smallest absolute Gasteiger partial charge is 0.333 e. The molecule has 0 saturated heterocycles. The first-order valence-electron chi connectivity index (χ1n) is 5.75. The lowest BCUT2D eigenvalue weighted by atomic mass is 10.2. The van der Waals surface area contributed by atoms with Crippen molar-refractivity contribution >= 4 is 26.2 Å². The SMILES string of the molecule is CC(=CCCCS(=O)(=O)O)C(=O)OCCCS(=O)(=O)O. The maximum absolute atomic E-state index is 11.4. The van der Waals surface area contributed by atoms with Gasteiger partial charge < -0.3 is 4.74 Å². The number of hydrogen-bond donors (Lipinski definition) is 2. The molecule has 0 spiro atoms. The van der Waals surface area contributed by atoms with Crippen LogP contribution in [0.3, 0.4) is 0 Å². The Labute approximate surface area is 118 Å². The third-order valence-electron chi connectivity index (χ3n) is 2.16. The summed E-state index contributed by atoms with van der Waals surface area (Å²) in [5.41, 5.74) is 0.257. The van der Waals surface area contributed by atoms with Crippen LogP contribution in [0.2, 0.25) is 0 Å². The molecule has 8 nitrogen and oxygen atoms in total. The van der Waals surface area contributed by atoms with Crippen molar-refractivity contribution in [1.82, 2.24) is 0 Å². The fraction of sp³-hybridized carbons (Fsp3) is 0.700. The molecule has 10 heteroatoms. The molecule has 0 fully saturated rings. The monoisotopic (exact) mass is 330 g/mol. The number of unbranched alkanes of at least 4 members (excludes halogenated alkanes) is 1. The summed E-state index contributed by atoms with van der Waals surface area (Å²) in [7, 11) is -8.06. The zero-order chi connectivity index (χ0) is 15.8. The first-order chi connectivity index (χ1) is 9.01. The van der Waals surface area contributed by atoms with Crippen molar-refractivity contribution in [2.75, 3.05) is 18.1 Å². The van der Waals surface area contributed by atoms with Crippen LogP contribution in [0.5, 0.6) is 0 Å². The third kappa shape index (κ3) is 12.1. The van der Waals surface area contributed by atoms with Crippen molar-refractivity contribution in [1.29, 1.82) is 0 Å². The summed E-state index contributed by atoms with van der Waals surface area (Å²) in [5, 5.41) is 0. The van der Waals surface area contributed by atoms with E-state index < -0.39 is 32.0 Å². The van der Waals surface area contributed by atoms with Crippen LogP contribution >= 0.6 is 0 Å². The van der Waals surface area contributed by atoms with Crippen LogP contribution in [0.25, 0.3) is 0 Å². The van der Waals surface area contributed by atoms with Gasteiger partial charge >= 0.3 is 5.97 Å². The number of hydrogen-bond acceptors (Lipinski definition) is 6. The van der Waals surface area contributed by atoms with Crippen LogP contribution in [-0.2, 0) is 29.8 Å². The van der Waals surface area contributed by atoms with E-state index in [1.165, 1.54) is 13.0 Å². The van der Waals surface area contributed by atoms with E-state index >= 15 is 0 Å². The standard InChI is InChI=1S/C10H18O8S2/c1-9(5-2-3-7-19(12,13)14)10(11)18-6-4-8-20(15,16)17/h5H,2-4,6-8H2,1H3,(H,12,13,14)(H,15,16,17). The van der Waals surface area contributed by atoms with Crippen molar-refractivity contribution < 1.29 is 35.5 Å². The molecule has 0 aliphatic rings. The third-order valence-corrected chi connectivity index (χ3v) is 3.77. The highest BCUT2D eigenvalue weighted by molar-refractivity contribution is 7.86. The largest absolute Gasteiger partial charge is 0.462 e. The zero-order valence-corrected chi connectivity index (χ0v) is 12.6. The van der Waals surface area contributed by atoms with Crippen molar-refractivity contribution in [2.45, 2.75) is 26.2 Å². The number of carbonyl (C=O) groups excluding carboxylic acids is 1. The Morgan fingerprint density at radius 1 is 1.05 bits per heavy atom. The molecule has 2 N–H and O–H groups in total. The van der Waals surface area contributed by atoms with Gasteiger partial charge in [-0.3, -0.25) is 9.11 Å². The van der Waals surface area contributed by atoms with Gasteiger partial charge in [-0.1, -0.05) is 6.08 Å². The van der Waals surface area contributed by atoms with Gasteiger partial charge in [0.15, 0.2) is 0 Å². The Bertz CT molecular complexity index is 544. The van der Waals surface area contributed by atoms with Crippen molar-refractivity contribution in [3.8, 4) is 0 Å². The van der Waals surface area contributed by atoms with Crippen LogP contribution in [0.4, 0.5) is 0 Å². The molecule has 0 atom stereocenters. The van der Waals surface area contributed by atoms with Crippen molar-refractivity contribution in [3.05, 3.63) is 11.6 Å². The molecule has 0 aliphatic carbocycles. The van der Waals surface area contributed by atoms with E-state index in [0.717, 1.165) is 0 Å².